The monoisotopic (exact) mass is 481 g/mol. The van der Waals surface area contributed by atoms with Gasteiger partial charge in [-0.1, -0.05) is 42.5 Å². The second kappa shape index (κ2) is 10.4. The van der Waals surface area contributed by atoms with Crippen molar-refractivity contribution in [1.82, 2.24) is 24.8 Å². The molecule has 0 amide bonds. The van der Waals surface area contributed by atoms with Crippen molar-refractivity contribution >= 4 is 11.0 Å². The lowest BCUT2D eigenvalue weighted by Crippen LogP contribution is -2.45. The smallest absolute Gasteiger partial charge is 0.312 e. The maximum atomic E-state index is 12.6. The predicted molar refractivity (Wildman–Crippen MR) is 145 cm³/mol. The minimum Gasteiger partial charge on any atom is -0.312 e. The van der Waals surface area contributed by atoms with Crippen LogP contribution in [0.25, 0.3) is 11.0 Å². The summed E-state index contributed by atoms with van der Waals surface area (Å²) < 4.78 is 1.98. The summed E-state index contributed by atoms with van der Waals surface area (Å²) >= 11 is 0. The number of imidazole rings is 1. The first-order valence-corrected chi connectivity index (χ1v) is 13.4. The fraction of sp³-hybridized carbons (Fsp3) is 0.400. The van der Waals surface area contributed by atoms with E-state index in [9.17, 15) is 4.79 Å². The first kappa shape index (κ1) is 23.2. The second-order valence-corrected chi connectivity index (χ2v) is 10.4. The van der Waals surface area contributed by atoms with Crippen LogP contribution in [0.15, 0.2) is 77.9 Å². The van der Waals surface area contributed by atoms with Crippen LogP contribution in [0, 0.1) is 0 Å². The molecule has 2 unspecified atom stereocenters. The van der Waals surface area contributed by atoms with Gasteiger partial charge in [-0.15, -0.1) is 0 Å². The molecular formula is C30H35N5O. The number of nitrogens with one attached hydrogen (secondary N) is 2. The van der Waals surface area contributed by atoms with Crippen molar-refractivity contribution in [3.8, 4) is 0 Å². The molecule has 6 heteroatoms. The van der Waals surface area contributed by atoms with Gasteiger partial charge in [-0.2, -0.15) is 0 Å². The maximum absolute atomic E-state index is 12.6. The van der Waals surface area contributed by atoms with E-state index >= 15 is 0 Å². The molecule has 6 rings (SSSR count). The average molecular weight is 482 g/mol. The Bertz CT molecular complexity index is 1350. The van der Waals surface area contributed by atoms with Crippen LogP contribution in [0.3, 0.4) is 0 Å². The Morgan fingerprint density at radius 2 is 1.81 bits per heavy atom. The summed E-state index contributed by atoms with van der Waals surface area (Å²) in [5.74, 6) is 0.471. The molecule has 2 aromatic heterocycles. The van der Waals surface area contributed by atoms with Crippen LogP contribution in [0.5, 0.6) is 0 Å². The quantitative estimate of drug-likeness (QED) is 0.413. The number of hydrogen-bond donors (Lipinski definition) is 2. The van der Waals surface area contributed by atoms with Crippen molar-refractivity contribution in [3.63, 3.8) is 0 Å². The Morgan fingerprint density at radius 1 is 0.972 bits per heavy atom. The number of hydrogen-bond acceptors (Lipinski definition) is 4. The number of nitrogens with zero attached hydrogens (tertiary/aromatic N) is 3. The first-order chi connectivity index (χ1) is 17.8. The van der Waals surface area contributed by atoms with Gasteiger partial charge in [0.15, 0.2) is 0 Å². The van der Waals surface area contributed by atoms with Gasteiger partial charge in [-0.05, 0) is 67.0 Å². The molecule has 3 heterocycles. The summed E-state index contributed by atoms with van der Waals surface area (Å²) in [5, 5.41) is 3.93. The van der Waals surface area contributed by atoms with E-state index in [0.717, 1.165) is 62.9 Å². The lowest BCUT2D eigenvalue weighted by molar-refractivity contribution is 0.184. The van der Waals surface area contributed by atoms with E-state index in [1.165, 1.54) is 23.1 Å². The van der Waals surface area contributed by atoms with Gasteiger partial charge in [-0.25, -0.2) is 4.79 Å². The Morgan fingerprint density at radius 3 is 2.67 bits per heavy atom. The minimum absolute atomic E-state index is 0.0218. The van der Waals surface area contributed by atoms with Gasteiger partial charge < -0.3 is 15.2 Å². The summed E-state index contributed by atoms with van der Waals surface area (Å²) in [4.78, 5) is 22.5. The van der Waals surface area contributed by atoms with Crippen molar-refractivity contribution in [2.45, 2.75) is 50.1 Å². The van der Waals surface area contributed by atoms with Crippen LogP contribution in [0.1, 0.15) is 47.9 Å². The zero-order valence-corrected chi connectivity index (χ0v) is 20.8. The molecule has 0 saturated carbocycles. The second-order valence-electron chi connectivity index (χ2n) is 10.4. The van der Waals surface area contributed by atoms with Crippen LogP contribution in [-0.4, -0.2) is 51.7 Å². The molecule has 1 fully saturated rings. The number of piperidine rings is 1. The highest BCUT2D eigenvalue weighted by Gasteiger charge is 2.30. The molecule has 0 bridgehead atoms. The fourth-order valence-electron chi connectivity index (χ4n) is 6.37. The van der Waals surface area contributed by atoms with Crippen LogP contribution in [-0.2, 0) is 12.8 Å². The standard InChI is InChI=1S/C30H35N5O/c36-30-33-28-9-3-4-10-29(28)35(30)24-13-17-34(18-14-24)19-16-32-27-12-11-23-7-1-2-8-25(23)26(27)20-22-6-5-15-31-21-22/h1-10,15,21,24,26-27,32H,11-14,16-20H2,(H,33,36). The molecular weight excluding hydrogens is 446 g/mol. The largest absolute Gasteiger partial charge is 0.326 e. The van der Waals surface area contributed by atoms with Gasteiger partial charge in [0, 0.05) is 56.6 Å². The summed E-state index contributed by atoms with van der Waals surface area (Å²) in [5.41, 5.74) is 6.28. The highest BCUT2D eigenvalue weighted by molar-refractivity contribution is 5.75. The zero-order valence-electron chi connectivity index (χ0n) is 20.8. The molecule has 2 aliphatic rings. The van der Waals surface area contributed by atoms with Crippen molar-refractivity contribution in [2.75, 3.05) is 26.2 Å². The number of rotatable bonds is 7. The highest BCUT2D eigenvalue weighted by Crippen LogP contribution is 2.34. The maximum Gasteiger partial charge on any atom is 0.326 e. The predicted octanol–water partition coefficient (Wildman–Crippen LogP) is 4.29. The normalized spacial score (nSPS) is 21.0. The molecule has 2 N–H and O–H groups in total. The molecule has 6 nitrogen and oxygen atoms in total. The molecule has 1 saturated heterocycles. The number of H-pyrrole nitrogens is 1. The van der Waals surface area contributed by atoms with E-state index in [1.807, 2.05) is 47.3 Å². The van der Waals surface area contributed by atoms with Gasteiger partial charge in [-0.3, -0.25) is 9.55 Å². The van der Waals surface area contributed by atoms with E-state index in [4.69, 9.17) is 0 Å². The number of pyridine rings is 1. The van der Waals surface area contributed by atoms with Crippen LogP contribution >= 0.6 is 0 Å². The van der Waals surface area contributed by atoms with Crippen molar-refractivity contribution in [2.24, 2.45) is 0 Å². The number of para-hydroxylation sites is 2. The molecule has 0 spiro atoms. The Kier molecular flexibility index (Phi) is 6.71. The van der Waals surface area contributed by atoms with Crippen LogP contribution in [0.4, 0.5) is 0 Å². The van der Waals surface area contributed by atoms with Crippen LogP contribution in [0.2, 0.25) is 0 Å². The molecule has 4 aromatic rings. The van der Waals surface area contributed by atoms with E-state index < -0.39 is 0 Å². The number of aromatic nitrogens is 3. The molecule has 2 atom stereocenters. The summed E-state index contributed by atoms with van der Waals surface area (Å²) in [6, 6.07) is 22.0. The molecule has 186 valence electrons. The Hall–Kier alpha value is -3.22. The first-order valence-electron chi connectivity index (χ1n) is 13.4. The van der Waals surface area contributed by atoms with Crippen molar-refractivity contribution in [1.29, 1.82) is 0 Å². The van der Waals surface area contributed by atoms with Crippen molar-refractivity contribution < 1.29 is 0 Å². The Balaban J connectivity index is 1.06. The van der Waals surface area contributed by atoms with Gasteiger partial charge in [0.1, 0.15) is 0 Å². The third-order valence-corrected chi connectivity index (χ3v) is 8.22. The molecule has 0 radical (unpaired) electrons. The van der Waals surface area contributed by atoms with E-state index in [1.54, 1.807) is 0 Å². The SMILES string of the molecule is O=c1[nH]c2ccccc2n1C1CCN(CCNC2CCc3ccccc3C2Cc2cccnc2)CC1. The molecule has 36 heavy (non-hydrogen) atoms. The minimum atomic E-state index is 0.0218. The van der Waals surface area contributed by atoms with E-state index in [0.29, 0.717) is 12.0 Å². The summed E-state index contributed by atoms with van der Waals surface area (Å²) in [6.07, 6.45) is 9.23. The lowest BCUT2D eigenvalue weighted by atomic mass is 9.76. The number of benzene rings is 2. The average Bonchev–Trinajstić information content (AvgIpc) is 3.26. The molecule has 1 aliphatic carbocycles. The third kappa shape index (κ3) is 4.75. The summed E-state index contributed by atoms with van der Waals surface area (Å²) in [6.45, 7) is 4.11. The lowest BCUT2D eigenvalue weighted by Gasteiger charge is -2.36. The van der Waals surface area contributed by atoms with Crippen molar-refractivity contribution in [3.05, 3.63) is 100 Å². The van der Waals surface area contributed by atoms with Gasteiger partial charge in [0.25, 0.3) is 0 Å². The number of likely N-dealkylation sites (tertiary alicyclic amines) is 1. The number of fused-ring (bicyclic) bond motifs is 2. The molecule has 1 aliphatic heterocycles. The van der Waals surface area contributed by atoms with E-state index in [2.05, 4.69) is 50.5 Å². The number of aryl methyl sites for hydroxylation is 1. The Labute approximate surface area is 212 Å². The van der Waals surface area contributed by atoms with Gasteiger partial charge in [0.05, 0.1) is 11.0 Å². The fourth-order valence-corrected chi connectivity index (χ4v) is 6.37. The topological polar surface area (TPSA) is 66.0 Å². The number of aromatic amines is 1. The van der Waals surface area contributed by atoms with Gasteiger partial charge in [0.2, 0.25) is 0 Å². The third-order valence-electron chi connectivity index (χ3n) is 8.22. The molecule has 2 aromatic carbocycles. The van der Waals surface area contributed by atoms with E-state index in [-0.39, 0.29) is 11.7 Å². The highest BCUT2D eigenvalue weighted by atomic mass is 16.1. The van der Waals surface area contributed by atoms with Crippen LogP contribution < -0.4 is 11.0 Å². The van der Waals surface area contributed by atoms with Gasteiger partial charge >= 0.3 is 5.69 Å². The summed E-state index contributed by atoms with van der Waals surface area (Å²) in [7, 11) is 0. The zero-order chi connectivity index (χ0) is 24.3.